The van der Waals surface area contributed by atoms with Crippen LogP contribution in [0.3, 0.4) is 0 Å². The number of hydrogen-bond donors (Lipinski definition) is 2. The van der Waals surface area contributed by atoms with Gasteiger partial charge in [-0.1, -0.05) is 0 Å². The van der Waals surface area contributed by atoms with Gasteiger partial charge in [-0.25, -0.2) is 17.9 Å². The Labute approximate surface area is 178 Å². The number of carbonyl (C=O) groups is 2. The third-order valence-electron chi connectivity index (χ3n) is 5.52. The lowest BCUT2D eigenvalue weighted by molar-refractivity contribution is 0.0203. The van der Waals surface area contributed by atoms with Gasteiger partial charge in [-0.3, -0.25) is 4.79 Å². The molecule has 2 aliphatic rings. The predicted octanol–water partition coefficient (Wildman–Crippen LogP) is 2.34. The maximum atomic E-state index is 13.1. The summed E-state index contributed by atoms with van der Waals surface area (Å²) in [4.78, 5) is 25.8. The van der Waals surface area contributed by atoms with E-state index in [1.54, 1.807) is 4.90 Å². The van der Waals surface area contributed by atoms with Crippen molar-refractivity contribution < 1.29 is 22.7 Å². The van der Waals surface area contributed by atoms with Gasteiger partial charge in [0.05, 0.1) is 4.90 Å². The van der Waals surface area contributed by atoms with Gasteiger partial charge in [-0.05, 0) is 82.6 Å². The van der Waals surface area contributed by atoms with E-state index in [-0.39, 0.29) is 17.0 Å². The van der Waals surface area contributed by atoms with E-state index in [2.05, 4.69) is 4.72 Å². The first-order valence-corrected chi connectivity index (χ1v) is 11.9. The summed E-state index contributed by atoms with van der Waals surface area (Å²) in [5.74, 6) is -0.528. The first kappa shape index (κ1) is 22.6. The summed E-state index contributed by atoms with van der Waals surface area (Å²) in [6.07, 6.45) is 3.72. The van der Waals surface area contributed by atoms with Gasteiger partial charge in [-0.2, -0.15) is 0 Å². The number of nitrogens with two attached hydrogens (primary N) is 1. The number of amides is 2. The van der Waals surface area contributed by atoms with Gasteiger partial charge in [-0.15, -0.1) is 0 Å². The molecule has 0 aromatic heterocycles. The summed E-state index contributed by atoms with van der Waals surface area (Å²) in [6.45, 7) is 6.31. The number of likely N-dealkylation sites (tertiary alicyclic amines) is 1. The molecule has 1 aromatic carbocycles. The minimum atomic E-state index is -3.75. The number of piperidine rings is 1. The second-order valence-electron chi connectivity index (χ2n) is 9.00. The Balaban J connectivity index is 1.71. The summed E-state index contributed by atoms with van der Waals surface area (Å²) >= 11 is 0. The van der Waals surface area contributed by atoms with E-state index in [0.29, 0.717) is 49.9 Å². The van der Waals surface area contributed by atoms with Gasteiger partial charge >= 0.3 is 6.09 Å². The molecule has 1 fully saturated rings. The van der Waals surface area contributed by atoms with E-state index in [0.717, 1.165) is 18.4 Å². The van der Waals surface area contributed by atoms with Crippen LogP contribution in [0.4, 0.5) is 4.79 Å². The quantitative estimate of drug-likeness (QED) is 0.749. The van der Waals surface area contributed by atoms with Crippen molar-refractivity contribution in [3.63, 3.8) is 0 Å². The van der Waals surface area contributed by atoms with E-state index >= 15 is 0 Å². The molecule has 3 N–H and O–H groups in total. The average Bonchev–Trinajstić information content (AvgIpc) is 2.65. The molecule has 1 aromatic rings. The highest BCUT2D eigenvalue weighted by Crippen LogP contribution is 2.30. The van der Waals surface area contributed by atoms with E-state index in [1.807, 2.05) is 20.8 Å². The zero-order chi connectivity index (χ0) is 22.1. The largest absolute Gasteiger partial charge is 0.444 e. The number of primary amides is 1. The van der Waals surface area contributed by atoms with Crippen LogP contribution in [-0.4, -0.2) is 50.1 Å². The molecule has 0 atom stereocenters. The Bertz CT molecular complexity index is 929. The van der Waals surface area contributed by atoms with Gasteiger partial charge < -0.3 is 15.4 Å². The highest BCUT2D eigenvalue weighted by atomic mass is 32.2. The van der Waals surface area contributed by atoms with E-state index < -0.39 is 21.5 Å². The third-order valence-corrected chi connectivity index (χ3v) is 7.12. The molecule has 0 bridgehead atoms. The molecule has 0 saturated carbocycles. The summed E-state index contributed by atoms with van der Waals surface area (Å²) in [6, 6.07) is 2.75. The van der Waals surface area contributed by atoms with Crippen molar-refractivity contribution in [3.05, 3.63) is 28.8 Å². The number of carbonyl (C=O) groups excluding carboxylic acids is 2. The Kier molecular flexibility index (Phi) is 6.43. The number of nitrogens with zero attached hydrogens (tertiary/aromatic N) is 1. The van der Waals surface area contributed by atoms with Crippen LogP contribution >= 0.6 is 0 Å². The van der Waals surface area contributed by atoms with Crippen LogP contribution in [0, 0.1) is 0 Å². The van der Waals surface area contributed by atoms with Gasteiger partial charge in [0.25, 0.3) is 0 Å². The molecule has 0 unspecified atom stereocenters. The Hall–Kier alpha value is -2.13. The Morgan fingerprint density at radius 2 is 1.70 bits per heavy atom. The molecule has 9 heteroatoms. The van der Waals surface area contributed by atoms with Crippen molar-refractivity contribution in [2.75, 3.05) is 13.1 Å². The van der Waals surface area contributed by atoms with Gasteiger partial charge in [0.15, 0.2) is 0 Å². The van der Waals surface area contributed by atoms with Crippen LogP contribution in [0.15, 0.2) is 17.0 Å². The number of hydrogen-bond acceptors (Lipinski definition) is 5. The highest BCUT2D eigenvalue weighted by molar-refractivity contribution is 7.89. The standard InChI is InChI=1S/C21H31N3O5S/c1-21(2,3)29-20(26)24-12-10-14(11-13-24)23-30(27,28)18-9-8-17(19(22)25)15-6-4-5-7-16(15)18/h8-9,14,23H,4-7,10-13H2,1-3H3,(H2,22,25). The Morgan fingerprint density at radius 3 is 2.27 bits per heavy atom. The molecule has 1 saturated heterocycles. The molecular formula is C21H31N3O5S. The molecule has 8 nitrogen and oxygen atoms in total. The van der Waals surface area contributed by atoms with Crippen molar-refractivity contribution in [2.24, 2.45) is 5.73 Å². The molecule has 1 aliphatic heterocycles. The van der Waals surface area contributed by atoms with Crippen molar-refractivity contribution in [1.29, 1.82) is 0 Å². The fourth-order valence-electron chi connectivity index (χ4n) is 4.11. The normalized spacial score (nSPS) is 18.0. The topological polar surface area (TPSA) is 119 Å². The van der Waals surface area contributed by atoms with Crippen molar-refractivity contribution in [3.8, 4) is 0 Å². The van der Waals surface area contributed by atoms with Crippen molar-refractivity contribution >= 4 is 22.0 Å². The number of benzene rings is 1. The first-order chi connectivity index (χ1) is 14.0. The van der Waals surface area contributed by atoms with E-state index in [9.17, 15) is 18.0 Å². The minimum absolute atomic E-state index is 0.233. The SMILES string of the molecule is CC(C)(C)OC(=O)N1CCC(NS(=O)(=O)c2ccc(C(N)=O)c3c2CCCC3)CC1. The highest BCUT2D eigenvalue weighted by Gasteiger charge is 2.31. The van der Waals surface area contributed by atoms with Crippen LogP contribution in [0.2, 0.25) is 0 Å². The summed E-state index contributed by atoms with van der Waals surface area (Å²) in [5, 5.41) is 0. The van der Waals surface area contributed by atoms with Crippen molar-refractivity contribution in [1.82, 2.24) is 9.62 Å². The average molecular weight is 438 g/mol. The van der Waals surface area contributed by atoms with Crippen molar-refractivity contribution in [2.45, 2.75) is 75.8 Å². The molecule has 1 heterocycles. The molecule has 166 valence electrons. The van der Waals surface area contributed by atoms with Crippen LogP contribution < -0.4 is 10.5 Å². The maximum Gasteiger partial charge on any atom is 0.410 e. The lowest BCUT2D eigenvalue weighted by atomic mass is 9.88. The van der Waals surface area contributed by atoms with Gasteiger partial charge in [0, 0.05) is 24.7 Å². The zero-order valence-corrected chi connectivity index (χ0v) is 18.7. The first-order valence-electron chi connectivity index (χ1n) is 10.4. The number of nitrogens with one attached hydrogen (secondary N) is 1. The van der Waals surface area contributed by atoms with E-state index in [4.69, 9.17) is 10.5 Å². The van der Waals surface area contributed by atoms with Gasteiger partial charge in [0.1, 0.15) is 5.60 Å². The number of rotatable bonds is 4. The molecule has 3 rings (SSSR count). The van der Waals surface area contributed by atoms with Crippen LogP contribution in [0.1, 0.15) is 67.9 Å². The Morgan fingerprint density at radius 1 is 1.10 bits per heavy atom. The predicted molar refractivity (Wildman–Crippen MR) is 113 cm³/mol. The third kappa shape index (κ3) is 5.13. The fraction of sp³-hybridized carbons (Fsp3) is 0.619. The maximum absolute atomic E-state index is 13.1. The summed E-state index contributed by atoms with van der Waals surface area (Å²) in [5.41, 5.74) is 6.79. The smallest absolute Gasteiger partial charge is 0.410 e. The molecule has 0 spiro atoms. The summed E-state index contributed by atoms with van der Waals surface area (Å²) in [7, 11) is -3.75. The lowest BCUT2D eigenvalue weighted by Gasteiger charge is -2.33. The zero-order valence-electron chi connectivity index (χ0n) is 17.9. The lowest BCUT2D eigenvalue weighted by Crippen LogP contribution is -2.47. The second-order valence-corrected chi connectivity index (χ2v) is 10.7. The monoisotopic (exact) mass is 437 g/mol. The van der Waals surface area contributed by atoms with Crippen LogP contribution in [0.5, 0.6) is 0 Å². The molecule has 30 heavy (non-hydrogen) atoms. The van der Waals surface area contributed by atoms with Gasteiger partial charge in [0.2, 0.25) is 15.9 Å². The molecule has 1 aliphatic carbocycles. The minimum Gasteiger partial charge on any atom is -0.444 e. The van der Waals surface area contributed by atoms with E-state index in [1.165, 1.54) is 12.1 Å². The summed E-state index contributed by atoms with van der Waals surface area (Å²) < 4.78 is 34.4. The number of ether oxygens (including phenoxy) is 1. The molecular weight excluding hydrogens is 406 g/mol. The number of fused-ring (bicyclic) bond motifs is 1. The number of sulfonamides is 1. The fourth-order valence-corrected chi connectivity index (χ4v) is 5.70. The van der Waals surface area contributed by atoms with Crippen LogP contribution in [0.25, 0.3) is 0 Å². The molecule has 2 amide bonds. The van der Waals surface area contributed by atoms with Crippen LogP contribution in [-0.2, 0) is 27.6 Å². The second kappa shape index (κ2) is 8.55. The molecule has 0 radical (unpaired) electrons.